The van der Waals surface area contributed by atoms with E-state index in [1.54, 1.807) is 0 Å². The SMILES string of the molecule is N#Cc1cccc(CNCC2Cc3ccccc32)c1. The first-order valence-corrected chi connectivity index (χ1v) is 6.64. The molecule has 2 nitrogen and oxygen atoms in total. The van der Waals surface area contributed by atoms with E-state index in [0.717, 1.165) is 18.7 Å². The van der Waals surface area contributed by atoms with Gasteiger partial charge in [0.05, 0.1) is 11.6 Å². The molecule has 0 amide bonds. The van der Waals surface area contributed by atoms with Crippen LogP contribution in [-0.2, 0) is 13.0 Å². The molecule has 0 heterocycles. The Morgan fingerprint density at radius 3 is 2.89 bits per heavy atom. The minimum absolute atomic E-state index is 0.648. The van der Waals surface area contributed by atoms with Crippen LogP contribution in [0.4, 0.5) is 0 Å². The summed E-state index contributed by atoms with van der Waals surface area (Å²) in [5, 5.41) is 12.3. The van der Waals surface area contributed by atoms with E-state index in [1.807, 2.05) is 18.2 Å². The smallest absolute Gasteiger partial charge is 0.0991 e. The van der Waals surface area contributed by atoms with Crippen molar-refractivity contribution in [1.29, 1.82) is 5.26 Å². The number of fused-ring (bicyclic) bond motifs is 1. The van der Waals surface area contributed by atoms with Crippen LogP contribution < -0.4 is 5.32 Å². The summed E-state index contributed by atoms with van der Waals surface area (Å²) >= 11 is 0. The summed E-state index contributed by atoms with van der Waals surface area (Å²) in [6.45, 7) is 1.84. The van der Waals surface area contributed by atoms with E-state index in [-0.39, 0.29) is 0 Å². The van der Waals surface area contributed by atoms with E-state index in [4.69, 9.17) is 5.26 Å². The van der Waals surface area contributed by atoms with Crippen molar-refractivity contribution in [2.24, 2.45) is 0 Å². The Kier molecular flexibility index (Phi) is 3.31. The van der Waals surface area contributed by atoms with Crippen molar-refractivity contribution in [2.45, 2.75) is 18.9 Å². The van der Waals surface area contributed by atoms with Gasteiger partial charge in [-0.2, -0.15) is 5.26 Å². The lowest BCUT2D eigenvalue weighted by molar-refractivity contribution is 0.535. The number of nitrogens with zero attached hydrogens (tertiary/aromatic N) is 1. The molecule has 94 valence electrons. The maximum Gasteiger partial charge on any atom is 0.0991 e. The zero-order valence-corrected chi connectivity index (χ0v) is 10.8. The summed E-state index contributed by atoms with van der Waals surface area (Å²) in [5.41, 5.74) is 4.88. The molecule has 0 saturated carbocycles. The molecule has 0 spiro atoms. The third-order valence-corrected chi connectivity index (χ3v) is 3.74. The molecule has 3 rings (SSSR count). The van der Waals surface area contributed by atoms with Gasteiger partial charge in [0.1, 0.15) is 0 Å². The van der Waals surface area contributed by atoms with Gasteiger partial charge in [-0.15, -0.1) is 0 Å². The lowest BCUT2D eigenvalue weighted by atomic mass is 9.77. The van der Waals surface area contributed by atoms with Gasteiger partial charge in [0.2, 0.25) is 0 Å². The van der Waals surface area contributed by atoms with E-state index in [2.05, 4.69) is 41.7 Å². The fourth-order valence-corrected chi connectivity index (χ4v) is 2.69. The predicted molar refractivity (Wildman–Crippen MR) is 75.8 cm³/mol. The van der Waals surface area contributed by atoms with Gasteiger partial charge < -0.3 is 5.32 Å². The molecule has 19 heavy (non-hydrogen) atoms. The van der Waals surface area contributed by atoms with Crippen molar-refractivity contribution in [2.75, 3.05) is 6.54 Å². The summed E-state index contributed by atoms with van der Waals surface area (Å²) in [4.78, 5) is 0. The Morgan fingerprint density at radius 2 is 2.05 bits per heavy atom. The first kappa shape index (κ1) is 12.0. The second-order valence-corrected chi connectivity index (χ2v) is 5.04. The van der Waals surface area contributed by atoms with Crippen LogP contribution in [0.5, 0.6) is 0 Å². The van der Waals surface area contributed by atoms with Gasteiger partial charge in [-0.05, 0) is 35.2 Å². The molecule has 1 N–H and O–H groups in total. The molecule has 2 heteroatoms. The van der Waals surface area contributed by atoms with Crippen LogP contribution in [0.1, 0.15) is 28.2 Å². The first-order valence-electron chi connectivity index (χ1n) is 6.64. The maximum absolute atomic E-state index is 8.86. The summed E-state index contributed by atoms with van der Waals surface area (Å²) in [6, 6.07) is 18.6. The number of hydrogen-bond donors (Lipinski definition) is 1. The molecule has 2 aromatic carbocycles. The molecule has 1 aliphatic carbocycles. The van der Waals surface area contributed by atoms with Crippen molar-refractivity contribution in [3.05, 3.63) is 70.8 Å². The average molecular weight is 248 g/mol. The maximum atomic E-state index is 8.86. The molecule has 0 bridgehead atoms. The Hall–Kier alpha value is -2.11. The van der Waals surface area contributed by atoms with Crippen LogP contribution in [0.25, 0.3) is 0 Å². The van der Waals surface area contributed by atoms with E-state index in [9.17, 15) is 0 Å². The second-order valence-electron chi connectivity index (χ2n) is 5.04. The van der Waals surface area contributed by atoms with Gasteiger partial charge in [-0.1, -0.05) is 36.4 Å². The molecular formula is C17H16N2. The highest BCUT2D eigenvalue weighted by Gasteiger charge is 2.24. The van der Waals surface area contributed by atoms with Gasteiger partial charge in [0.15, 0.2) is 0 Å². The largest absolute Gasteiger partial charge is 0.312 e. The molecule has 1 aliphatic rings. The molecule has 0 saturated heterocycles. The van der Waals surface area contributed by atoms with Gasteiger partial charge in [0, 0.05) is 19.0 Å². The number of rotatable bonds is 4. The highest BCUT2D eigenvalue weighted by Crippen LogP contribution is 2.33. The third-order valence-electron chi connectivity index (χ3n) is 3.74. The minimum atomic E-state index is 0.648. The predicted octanol–water partition coefficient (Wildman–Crippen LogP) is 2.99. The summed E-state index contributed by atoms with van der Waals surface area (Å²) in [7, 11) is 0. The molecule has 1 unspecified atom stereocenters. The van der Waals surface area contributed by atoms with E-state index in [1.165, 1.54) is 23.1 Å². The number of benzene rings is 2. The fourth-order valence-electron chi connectivity index (χ4n) is 2.69. The normalized spacial score (nSPS) is 16.3. The van der Waals surface area contributed by atoms with Crippen molar-refractivity contribution < 1.29 is 0 Å². The van der Waals surface area contributed by atoms with Gasteiger partial charge >= 0.3 is 0 Å². The molecule has 0 aromatic heterocycles. The van der Waals surface area contributed by atoms with Crippen molar-refractivity contribution >= 4 is 0 Å². The lowest BCUT2D eigenvalue weighted by Gasteiger charge is -2.30. The van der Waals surface area contributed by atoms with Crippen molar-refractivity contribution in [1.82, 2.24) is 5.32 Å². The standard InChI is InChI=1S/C17H16N2/c18-10-13-4-3-5-14(8-13)11-19-12-16-9-15-6-1-2-7-17(15)16/h1-8,16,19H,9,11-12H2. The Bertz CT molecular complexity index is 625. The third kappa shape index (κ3) is 2.52. The number of nitriles is 1. The summed E-state index contributed by atoms with van der Waals surface area (Å²) in [6.07, 6.45) is 1.18. The number of hydrogen-bond acceptors (Lipinski definition) is 2. The van der Waals surface area contributed by atoms with Crippen LogP contribution in [-0.4, -0.2) is 6.54 Å². The Morgan fingerprint density at radius 1 is 1.16 bits per heavy atom. The van der Waals surface area contributed by atoms with E-state index >= 15 is 0 Å². The zero-order chi connectivity index (χ0) is 13.1. The molecule has 1 atom stereocenters. The zero-order valence-electron chi connectivity index (χ0n) is 10.8. The van der Waals surface area contributed by atoms with Gasteiger partial charge in [0.25, 0.3) is 0 Å². The summed E-state index contributed by atoms with van der Waals surface area (Å²) < 4.78 is 0. The highest BCUT2D eigenvalue weighted by molar-refractivity contribution is 5.40. The fraction of sp³-hybridized carbons (Fsp3) is 0.235. The monoisotopic (exact) mass is 248 g/mol. The average Bonchev–Trinajstić information content (AvgIpc) is 2.44. The molecule has 2 aromatic rings. The topological polar surface area (TPSA) is 35.8 Å². The molecule has 0 radical (unpaired) electrons. The Balaban J connectivity index is 1.53. The van der Waals surface area contributed by atoms with Crippen LogP contribution in [0.15, 0.2) is 48.5 Å². The minimum Gasteiger partial charge on any atom is -0.312 e. The quantitative estimate of drug-likeness (QED) is 0.903. The lowest BCUT2D eigenvalue weighted by Crippen LogP contribution is -2.28. The van der Waals surface area contributed by atoms with Crippen LogP contribution in [0.3, 0.4) is 0 Å². The summed E-state index contributed by atoms with van der Waals surface area (Å²) in [5.74, 6) is 0.648. The van der Waals surface area contributed by atoms with Crippen LogP contribution >= 0.6 is 0 Å². The van der Waals surface area contributed by atoms with Crippen LogP contribution in [0.2, 0.25) is 0 Å². The number of nitrogens with one attached hydrogen (secondary N) is 1. The highest BCUT2D eigenvalue weighted by atomic mass is 14.9. The van der Waals surface area contributed by atoms with Crippen LogP contribution in [0, 0.1) is 11.3 Å². The Labute approximate surface area is 113 Å². The molecule has 0 fully saturated rings. The molecular weight excluding hydrogens is 232 g/mol. The second kappa shape index (κ2) is 5.26. The first-order chi connectivity index (χ1) is 9.36. The molecule has 0 aliphatic heterocycles. The van der Waals surface area contributed by atoms with Crippen molar-refractivity contribution in [3.8, 4) is 6.07 Å². The van der Waals surface area contributed by atoms with Gasteiger partial charge in [-0.25, -0.2) is 0 Å². The van der Waals surface area contributed by atoms with Crippen molar-refractivity contribution in [3.63, 3.8) is 0 Å². The van der Waals surface area contributed by atoms with E-state index < -0.39 is 0 Å². The van der Waals surface area contributed by atoms with E-state index in [0.29, 0.717) is 5.92 Å². The van der Waals surface area contributed by atoms with Gasteiger partial charge in [-0.3, -0.25) is 0 Å².